The van der Waals surface area contributed by atoms with Crippen molar-refractivity contribution in [1.29, 1.82) is 0 Å². The van der Waals surface area contributed by atoms with Crippen LogP contribution in [0.2, 0.25) is 0 Å². The molecule has 1 aliphatic rings. The van der Waals surface area contributed by atoms with Crippen LogP contribution in [-0.2, 0) is 4.79 Å². The van der Waals surface area contributed by atoms with Crippen LogP contribution in [0.5, 0.6) is 0 Å². The number of aryl methyl sites for hydroxylation is 1. The third kappa shape index (κ3) is 5.84. The number of nitrogens with one attached hydrogen (secondary N) is 2. The summed E-state index contributed by atoms with van der Waals surface area (Å²) in [6.45, 7) is 2.30. The Kier molecular flexibility index (Phi) is 6.46. The van der Waals surface area contributed by atoms with Crippen LogP contribution >= 0.6 is 0 Å². The first kappa shape index (κ1) is 18.9. The van der Waals surface area contributed by atoms with Crippen molar-refractivity contribution in [2.24, 2.45) is 5.92 Å². The molecule has 1 aromatic heterocycles. The molecular weight excluding hydrogens is 344 g/mol. The molecule has 1 aromatic carbocycles. The quantitative estimate of drug-likeness (QED) is 0.803. The van der Waals surface area contributed by atoms with E-state index in [0.29, 0.717) is 29.7 Å². The number of nitrogens with zero attached hydrogens (tertiary/aromatic N) is 2. The fourth-order valence-electron chi connectivity index (χ4n) is 3.41. The summed E-state index contributed by atoms with van der Waals surface area (Å²) in [5.41, 5.74) is 0.712. The second-order valence-electron chi connectivity index (χ2n) is 7.05. The van der Waals surface area contributed by atoms with Gasteiger partial charge in [-0.2, -0.15) is 0 Å². The van der Waals surface area contributed by atoms with Crippen molar-refractivity contribution < 1.29 is 14.1 Å². The average molecular weight is 370 g/mol. The minimum Gasteiger partial charge on any atom is -0.360 e. The number of amides is 3. The predicted molar refractivity (Wildman–Crippen MR) is 103 cm³/mol. The minimum atomic E-state index is -0.290. The summed E-state index contributed by atoms with van der Waals surface area (Å²) in [7, 11) is 0. The van der Waals surface area contributed by atoms with Gasteiger partial charge in [0.15, 0.2) is 5.82 Å². The smallest absolute Gasteiger partial charge is 0.322 e. The van der Waals surface area contributed by atoms with E-state index in [1.165, 1.54) is 19.3 Å². The standard InChI is InChI=1S/C20H26N4O3/c1-15-12-18(23-27-15)22-19(25)14-24(13-16-8-4-2-5-9-16)20(26)21-17-10-6-3-7-11-17/h3,6-7,10-12,16H,2,4-5,8-9,13-14H2,1H3,(H,21,26)(H,22,23,25). The zero-order valence-corrected chi connectivity index (χ0v) is 15.6. The van der Waals surface area contributed by atoms with Crippen LogP contribution in [0.15, 0.2) is 40.9 Å². The highest BCUT2D eigenvalue weighted by Gasteiger charge is 2.23. The van der Waals surface area contributed by atoms with Crippen LogP contribution in [0.1, 0.15) is 37.9 Å². The van der Waals surface area contributed by atoms with Crippen LogP contribution in [0.25, 0.3) is 0 Å². The lowest BCUT2D eigenvalue weighted by Gasteiger charge is -2.29. The van der Waals surface area contributed by atoms with Gasteiger partial charge in [-0.05, 0) is 37.8 Å². The Bertz CT molecular complexity index is 754. The molecule has 0 radical (unpaired) electrons. The van der Waals surface area contributed by atoms with E-state index in [-0.39, 0.29) is 18.5 Å². The second kappa shape index (κ2) is 9.21. The molecule has 3 rings (SSSR count). The molecule has 1 heterocycles. The van der Waals surface area contributed by atoms with Crippen molar-refractivity contribution in [3.63, 3.8) is 0 Å². The van der Waals surface area contributed by atoms with E-state index in [2.05, 4.69) is 15.8 Å². The van der Waals surface area contributed by atoms with Crippen LogP contribution in [-0.4, -0.2) is 35.1 Å². The van der Waals surface area contributed by atoms with Crippen LogP contribution in [0.3, 0.4) is 0 Å². The summed E-state index contributed by atoms with van der Waals surface area (Å²) in [4.78, 5) is 26.8. The highest BCUT2D eigenvalue weighted by Crippen LogP contribution is 2.24. The van der Waals surface area contributed by atoms with Crippen molar-refractivity contribution in [2.45, 2.75) is 39.0 Å². The van der Waals surface area contributed by atoms with Gasteiger partial charge in [0, 0.05) is 18.3 Å². The number of para-hydroxylation sites is 1. The van der Waals surface area contributed by atoms with Crippen molar-refractivity contribution in [1.82, 2.24) is 10.1 Å². The molecule has 27 heavy (non-hydrogen) atoms. The summed E-state index contributed by atoms with van der Waals surface area (Å²) >= 11 is 0. The molecule has 0 unspecified atom stereocenters. The van der Waals surface area contributed by atoms with Gasteiger partial charge >= 0.3 is 6.03 Å². The maximum Gasteiger partial charge on any atom is 0.322 e. The van der Waals surface area contributed by atoms with Crippen LogP contribution < -0.4 is 10.6 Å². The van der Waals surface area contributed by atoms with Crippen molar-refractivity contribution in [2.75, 3.05) is 23.7 Å². The van der Waals surface area contributed by atoms with E-state index >= 15 is 0 Å². The van der Waals surface area contributed by atoms with Crippen molar-refractivity contribution >= 4 is 23.4 Å². The Balaban J connectivity index is 1.64. The number of urea groups is 1. The number of carbonyl (C=O) groups excluding carboxylic acids is 2. The first-order valence-corrected chi connectivity index (χ1v) is 9.44. The lowest BCUT2D eigenvalue weighted by atomic mass is 9.89. The zero-order valence-electron chi connectivity index (χ0n) is 15.6. The number of carbonyl (C=O) groups is 2. The van der Waals surface area contributed by atoms with E-state index in [9.17, 15) is 9.59 Å². The monoisotopic (exact) mass is 370 g/mol. The molecule has 1 aliphatic carbocycles. The molecule has 0 saturated heterocycles. The normalized spacial score (nSPS) is 14.6. The van der Waals surface area contributed by atoms with Gasteiger partial charge < -0.3 is 20.1 Å². The molecule has 0 atom stereocenters. The molecule has 0 aliphatic heterocycles. The predicted octanol–water partition coefficient (Wildman–Crippen LogP) is 4.04. The molecule has 2 N–H and O–H groups in total. The molecule has 0 spiro atoms. The average Bonchev–Trinajstić information content (AvgIpc) is 3.07. The lowest BCUT2D eigenvalue weighted by molar-refractivity contribution is -0.116. The molecule has 2 aromatic rings. The van der Waals surface area contributed by atoms with Gasteiger partial charge in [0.05, 0.1) is 0 Å². The van der Waals surface area contributed by atoms with Gasteiger partial charge in [0.25, 0.3) is 0 Å². The highest BCUT2D eigenvalue weighted by atomic mass is 16.5. The number of aromatic nitrogens is 1. The molecular formula is C20H26N4O3. The van der Waals surface area contributed by atoms with Crippen molar-refractivity contribution in [3.05, 3.63) is 42.2 Å². The summed E-state index contributed by atoms with van der Waals surface area (Å²) in [5.74, 6) is 1.12. The molecule has 144 valence electrons. The van der Waals surface area contributed by atoms with Crippen LogP contribution in [0, 0.1) is 12.8 Å². The van der Waals surface area contributed by atoms with Gasteiger partial charge in [-0.15, -0.1) is 0 Å². The molecule has 1 fully saturated rings. The molecule has 7 nitrogen and oxygen atoms in total. The Morgan fingerprint density at radius 3 is 2.56 bits per heavy atom. The summed E-state index contributed by atoms with van der Waals surface area (Å²) < 4.78 is 4.96. The number of benzene rings is 1. The second-order valence-corrected chi connectivity index (χ2v) is 7.05. The van der Waals surface area contributed by atoms with E-state index in [1.54, 1.807) is 17.9 Å². The zero-order chi connectivity index (χ0) is 19.1. The van der Waals surface area contributed by atoms with E-state index in [0.717, 1.165) is 12.8 Å². The summed E-state index contributed by atoms with van der Waals surface area (Å²) in [6, 6.07) is 10.7. The highest BCUT2D eigenvalue weighted by molar-refractivity contribution is 5.96. The Hall–Kier alpha value is -2.83. The van der Waals surface area contributed by atoms with Gasteiger partial charge in [-0.3, -0.25) is 4.79 Å². The first-order valence-electron chi connectivity index (χ1n) is 9.44. The fourth-order valence-corrected chi connectivity index (χ4v) is 3.41. The third-order valence-corrected chi connectivity index (χ3v) is 4.75. The third-order valence-electron chi connectivity index (χ3n) is 4.75. The topological polar surface area (TPSA) is 87.5 Å². The maximum absolute atomic E-state index is 12.8. The van der Waals surface area contributed by atoms with E-state index in [1.807, 2.05) is 30.3 Å². The first-order chi connectivity index (χ1) is 13.1. The number of rotatable bonds is 6. The van der Waals surface area contributed by atoms with E-state index in [4.69, 9.17) is 4.52 Å². The van der Waals surface area contributed by atoms with Gasteiger partial charge in [-0.1, -0.05) is 42.6 Å². The number of anilines is 2. The van der Waals surface area contributed by atoms with Crippen LogP contribution in [0.4, 0.5) is 16.3 Å². The van der Waals surface area contributed by atoms with Gasteiger partial charge in [0.1, 0.15) is 12.3 Å². The molecule has 7 heteroatoms. The number of hydrogen-bond acceptors (Lipinski definition) is 4. The summed E-state index contributed by atoms with van der Waals surface area (Å²) in [5, 5.41) is 9.33. The van der Waals surface area contributed by atoms with E-state index < -0.39 is 0 Å². The fraction of sp³-hybridized carbons (Fsp3) is 0.450. The lowest BCUT2D eigenvalue weighted by Crippen LogP contribution is -2.43. The Morgan fingerprint density at radius 1 is 1.15 bits per heavy atom. The van der Waals surface area contributed by atoms with Gasteiger partial charge in [-0.25, -0.2) is 4.79 Å². The van der Waals surface area contributed by atoms with Gasteiger partial charge in [0.2, 0.25) is 5.91 Å². The Labute approximate surface area is 159 Å². The summed E-state index contributed by atoms with van der Waals surface area (Å²) in [6.07, 6.45) is 5.81. The largest absolute Gasteiger partial charge is 0.360 e. The SMILES string of the molecule is Cc1cc(NC(=O)CN(CC2CCCCC2)C(=O)Nc2ccccc2)no1. The maximum atomic E-state index is 12.8. The van der Waals surface area contributed by atoms with Crippen molar-refractivity contribution in [3.8, 4) is 0 Å². The molecule has 1 saturated carbocycles. The number of hydrogen-bond donors (Lipinski definition) is 2. The Morgan fingerprint density at radius 2 is 1.89 bits per heavy atom. The minimum absolute atomic E-state index is 0.0267. The molecule has 0 bridgehead atoms. The molecule has 3 amide bonds.